The lowest BCUT2D eigenvalue weighted by Crippen LogP contribution is -2.49. The van der Waals surface area contributed by atoms with Crippen molar-refractivity contribution in [3.8, 4) is 0 Å². The maximum Gasteiger partial charge on any atom is 0.312 e. The Kier molecular flexibility index (Phi) is 5.84. The van der Waals surface area contributed by atoms with Gasteiger partial charge in [0.15, 0.2) is 0 Å². The number of urea groups is 1. The highest BCUT2D eigenvalue weighted by Crippen LogP contribution is 2.04. The summed E-state index contributed by atoms with van der Waals surface area (Å²) in [6.07, 6.45) is 4.52. The number of aromatic nitrogens is 2. The Morgan fingerprint density at radius 1 is 1.47 bits per heavy atom. The number of nitrogens with zero attached hydrogens (tertiary/aromatic N) is 1. The van der Waals surface area contributed by atoms with E-state index in [4.69, 9.17) is 5.73 Å². The highest BCUT2D eigenvalue weighted by molar-refractivity contribution is 5.86. The molecule has 1 unspecified atom stereocenters. The molecule has 0 aliphatic heterocycles. The number of carbonyl (C=O) groups excluding carboxylic acids is 2. The normalized spacial score (nSPS) is 12.2. The number of carbonyl (C=O) groups is 2. The van der Waals surface area contributed by atoms with Crippen LogP contribution >= 0.6 is 0 Å². The molecule has 7 nitrogen and oxygen atoms in total. The molecular formula is C12H21N5O2. The lowest BCUT2D eigenvalue weighted by atomic mass is 10.0. The molecule has 0 fully saturated rings. The first-order valence-electron chi connectivity index (χ1n) is 6.30. The van der Waals surface area contributed by atoms with E-state index in [-0.39, 0.29) is 11.8 Å². The largest absolute Gasteiger partial charge is 0.354 e. The number of aromatic amines is 1. The van der Waals surface area contributed by atoms with E-state index in [0.717, 1.165) is 5.69 Å². The highest BCUT2D eigenvalue weighted by Gasteiger charge is 2.20. The standard InChI is InChI=1S/C12H21N5O2/c1-8(2)5-10(17-12(13)19)11(18)15-4-3-9-6-14-7-16-9/h6-8,10H,3-5H2,1-2H3,(H,14,16)(H,15,18)(H3,13,17,19). The van der Waals surface area contributed by atoms with Crippen LogP contribution in [0.1, 0.15) is 26.0 Å². The summed E-state index contributed by atoms with van der Waals surface area (Å²) in [5, 5.41) is 5.24. The Labute approximate surface area is 112 Å². The molecule has 1 heterocycles. The lowest BCUT2D eigenvalue weighted by molar-refractivity contribution is -0.123. The second-order valence-electron chi connectivity index (χ2n) is 4.81. The Bertz CT molecular complexity index is 402. The van der Waals surface area contributed by atoms with Gasteiger partial charge in [-0.25, -0.2) is 9.78 Å². The van der Waals surface area contributed by atoms with Crippen LogP contribution in [0.2, 0.25) is 0 Å². The average molecular weight is 267 g/mol. The second kappa shape index (κ2) is 7.40. The van der Waals surface area contributed by atoms with Gasteiger partial charge >= 0.3 is 6.03 Å². The third-order valence-corrected chi connectivity index (χ3v) is 2.59. The Morgan fingerprint density at radius 2 is 2.21 bits per heavy atom. The van der Waals surface area contributed by atoms with E-state index in [1.165, 1.54) is 0 Å². The van der Waals surface area contributed by atoms with Crippen LogP contribution in [0.5, 0.6) is 0 Å². The number of rotatable bonds is 7. The van der Waals surface area contributed by atoms with Gasteiger partial charge in [0.25, 0.3) is 0 Å². The van der Waals surface area contributed by atoms with Crippen LogP contribution in [0, 0.1) is 5.92 Å². The molecule has 1 rings (SSSR count). The zero-order chi connectivity index (χ0) is 14.3. The summed E-state index contributed by atoms with van der Waals surface area (Å²) in [6, 6.07) is -1.27. The van der Waals surface area contributed by atoms with Crippen LogP contribution in [-0.2, 0) is 11.2 Å². The Balaban J connectivity index is 2.40. The number of H-pyrrole nitrogens is 1. The third-order valence-electron chi connectivity index (χ3n) is 2.59. The summed E-state index contributed by atoms with van der Waals surface area (Å²) in [5.74, 6) is 0.0715. The van der Waals surface area contributed by atoms with E-state index in [9.17, 15) is 9.59 Å². The molecule has 0 aliphatic carbocycles. The molecule has 1 atom stereocenters. The molecule has 7 heteroatoms. The van der Waals surface area contributed by atoms with Crippen molar-refractivity contribution < 1.29 is 9.59 Å². The zero-order valence-corrected chi connectivity index (χ0v) is 11.3. The van der Waals surface area contributed by atoms with Gasteiger partial charge in [0.05, 0.1) is 6.33 Å². The maximum absolute atomic E-state index is 11.9. The fourth-order valence-electron chi connectivity index (χ4n) is 1.74. The Morgan fingerprint density at radius 3 is 2.74 bits per heavy atom. The first-order valence-corrected chi connectivity index (χ1v) is 6.30. The maximum atomic E-state index is 11.9. The van der Waals surface area contributed by atoms with E-state index >= 15 is 0 Å². The summed E-state index contributed by atoms with van der Waals surface area (Å²) >= 11 is 0. The molecule has 0 aromatic carbocycles. The smallest absolute Gasteiger partial charge is 0.312 e. The van der Waals surface area contributed by atoms with Crippen molar-refractivity contribution in [3.05, 3.63) is 18.2 Å². The van der Waals surface area contributed by atoms with Gasteiger partial charge in [-0.3, -0.25) is 4.79 Å². The molecule has 19 heavy (non-hydrogen) atoms. The number of primary amides is 1. The summed E-state index contributed by atoms with van der Waals surface area (Å²) in [6.45, 7) is 4.44. The van der Waals surface area contributed by atoms with E-state index in [1.807, 2.05) is 13.8 Å². The highest BCUT2D eigenvalue weighted by atomic mass is 16.2. The van der Waals surface area contributed by atoms with Crippen molar-refractivity contribution in [2.75, 3.05) is 6.54 Å². The first kappa shape index (κ1) is 15.0. The Hall–Kier alpha value is -2.05. The minimum absolute atomic E-state index is 0.216. The number of imidazole rings is 1. The summed E-state index contributed by atoms with van der Waals surface area (Å²) in [4.78, 5) is 29.7. The van der Waals surface area contributed by atoms with Crippen molar-refractivity contribution in [3.63, 3.8) is 0 Å². The molecule has 1 aromatic heterocycles. The van der Waals surface area contributed by atoms with Gasteiger partial charge in [0.1, 0.15) is 6.04 Å². The average Bonchev–Trinajstić information content (AvgIpc) is 2.79. The molecule has 0 saturated carbocycles. The van der Waals surface area contributed by atoms with Crippen molar-refractivity contribution in [2.24, 2.45) is 11.7 Å². The van der Waals surface area contributed by atoms with Gasteiger partial charge in [0, 0.05) is 24.9 Å². The topological polar surface area (TPSA) is 113 Å². The number of hydrogen-bond donors (Lipinski definition) is 4. The third kappa shape index (κ3) is 5.89. The SMILES string of the molecule is CC(C)CC(NC(N)=O)C(=O)NCCc1cnc[nH]1. The van der Waals surface area contributed by atoms with E-state index < -0.39 is 12.1 Å². The van der Waals surface area contributed by atoms with Crippen LogP contribution in [0.15, 0.2) is 12.5 Å². The van der Waals surface area contributed by atoms with Gasteiger partial charge < -0.3 is 21.4 Å². The fraction of sp³-hybridized carbons (Fsp3) is 0.583. The molecule has 0 bridgehead atoms. The molecule has 0 spiro atoms. The van der Waals surface area contributed by atoms with Gasteiger partial charge in [-0.1, -0.05) is 13.8 Å². The minimum atomic E-state index is -0.686. The van der Waals surface area contributed by atoms with Crippen LogP contribution in [-0.4, -0.2) is 34.5 Å². The molecule has 0 aliphatic rings. The molecule has 3 amide bonds. The molecule has 106 valence electrons. The lowest BCUT2D eigenvalue weighted by Gasteiger charge is -2.18. The van der Waals surface area contributed by atoms with Gasteiger partial charge in [-0.05, 0) is 12.3 Å². The monoisotopic (exact) mass is 267 g/mol. The van der Waals surface area contributed by atoms with Crippen molar-refractivity contribution in [1.82, 2.24) is 20.6 Å². The summed E-state index contributed by atoms with van der Waals surface area (Å²) < 4.78 is 0. The van der Waals surface area contributed by atoms with Crippen molar-refractivity contribution in [1.29, 1.82) is 0 Å². The van der Waals surface area contributed by atoms with Crippen LogP contribution in [0.4, 0.5) is 4.79 Å². The van der Waals surface area contributed by atoms with Crippen LogP contribution in [0.3, 0.4) is 0 Å². The summed E-state index contributed by atoms with van der Waals surface area (Å²) in [5.41, 5.74) is 6.02. The predicted molar refractivity (Wildman–Crippen MR) is 71.3 cm³/mol. The predicted octanol–water partition coefficient (Wildman–Crippen LogP) is 0.151. The minimum Gasteiger partial charge on any atom is -0.354 e. The molecule has 0 radical (unpaired) electrons. The molecule has 5 N–H and O–H groups in total. The second-order valence-corrected chi connectivity index (χ2v) is 4.81. The van der Waals surface area contributed by atoms with E-state index in [2.05, 4.69) is 20.6 Å². The van der Waals surface area contributed by atoms with Gasteiger partial charge in [-0.15, -0.1) is 0 Å². The van der Waals surface area contributed by atoms with Crippen LogP contribution < -0.4 is 16.4 Å². The van der Waals surface area contributed by atoms with Crippen molar-refractivity contribution >= 4 is 11.9 Å². The quantitative estimate of drug-likeness (QED) is 0.564. The summed E-state index contributed by atoms with van der Waals surface area (Å²) in [7, 11) is 0. The molecule has 0 saturated heterocycles. The van der Waals surface area contributed by atoms with Gasteiger partial charge in [-0.2, -0.15) is 0 Å². The van der Waals surface area contributed by atoms with Gasteiger partial charge in [0.2, 0.25) is 5.91 Å². The zero-order valence-electron chi connectivity index (χ0n) is 11.3. The fourth-order valence-corrected chi connectivity index (χ4v) is 1.74. The number of nitrogens with two attached hydrogens (primary N) is 1. The number of nitrogens with one attached hydrogen (secondary N) is 3. The number of amides is 3. The molecular weight excluding hydrogens is 246 g/mol. The van der Waals surface area contributed by atoms with Crippen LogP contribution in [0.25, 0.3) is 0 Å². The number of hydrogen-bond acceptors (Lipinski definition) is 3. The van der Waals surface area contributed by atoms with E-state index in [0.29, 0.717) is 19.4 Å². The van der Waals surface area contributed by atoms with E-state index in [1.54, 1.807) is 12.5 Å². The molecule has 1 aromatic rings. The first-order chi connectivity index (χ1) is 8.99. The van der Waals surface area contributed by atoms with Crippen molar-refractivity contribution in [2.45, 2.75) is 32.7 Å².